The van der Waals surface area contributed by atoms with Crippen molar-refractivity contribution in [3.63, 3.8) is 0 Å². The van der Waals surface area contributed by atoms with Crippen LogP contribution in [-0.2, 0) is 22.6 Å². The highest BCUT2D eigenvalue weighted by molar-refractivity contribution is 5.77. The molecule has 0 radical (unpaired) electrons. The van der Waals surface area contributed by atoms with E-state index in [0.717, 1.165) is 49.4 Å². The molecule has 1 atom stereocenters. The van der Waals surface area contributed by atoms with E-state index in [-0.39, 0.29) is 23.1 Å². The van der Waals surface area contributed by atoms with Crippen molar-refractivity contribution >= 4 is 11.8 Å². The van der Waals surface area contributed by atoms with Gasteiger partial charge in [0.05, 0.1) is 5.69 Å². The van der Waals surface area contributed by atoms with Crippen LogP contribution < -0.4 is 0 Å². The van der Waals surface area contributed by atoms with E-state index in [4.69, 9.17) is 4.98 Å². The number of hydrogen-bond donors (Lipinski definition) is 0. The van der Waals surface area contributed by atoms with Crippen LogP contribution in [0, 0.1) is 5.41 Å². The quantitative estimate of drug-likeness (QED) is 0.815. The zero-order valence-electron chi connectivity index (χ0n) is 16.4. The second-order valence-electron chi connectivity index (χ2n) is 8.81. The number of likely N-dealkylation sites (tertiary alicyclic amines) is 1. The number of rotatable bonds is 2. The summed E-state index contributed by atoms with van der Waals surface area (Å²) < 4.78 is 0. The molecule has 1 aromatic rings. The van der Waals surface area contributed by atoms with Crippen LogP contribution in [0.2, 0.25) is 0 Å². The van der Waals surface area contributed by atoms with Crippen LogP contribution >= 0.6 is 0 Å². The largest absolute Gasteiger partial charge is 0.342 e. The van der Waals surface area contributed by atoms with Crippen molar-refractivity contribution in [2.75, 3.05) is 19.6 Å². The number of hydrogen-bond acceptors (Lipinski definition) is 4. The first-order chi connectivity index (χ1) is 12.2. The Morgan fingerprint density at radius 2 is 2.00 bits per heavy atom. The number of aromatic nitrogens is 2. The van der Waals surface area contributed by atoms with Crippen molar-refractivity contribution in [3.8, 4) is 0 Å². The van der Waals surface area contributed by atoms with E-state index in [2.05, 4.69) is 25.8 Å². The lowest BCUT2D eigenvalue weighted by Gasteiger charge is -2.33. The van der Waals surface area contributed by atoms with Gasteiger partial charge >= 0.3 is 0 Å². The summed E-state index contributed by atoms with van der Waals surface area (Å²) in [5, 5.41) is 0. The Labute approximate surface area is 156 Å². The van der Waals surface area contributed by atoms with Gasteiger partial charge in [-0.15, -0.1) is 0 Å². The third-order valence-corrected chi connectivity index (χ3v) is 5.22. The smallest absolute Gasteiger partial charge is 0.223 e. The molecular formula is C20H30N4O2. The number of amides is 2. The molecule has 3 rings (SSSR count). The minimum absolute atomic E-state index is 0.00128. The summed E-state index contributed by atoms with van der Waals surface area (Å²) in [6, 6.07) is 0. The Bertz CT molecular complexity index is 696. The molecular weight excluding hydrogens is 328 g/mol. The van der Waals surface area contributed by atoms with E-state index in [1.807, 2.05) is 16.0 Å². The highest BCUT2D eigenvalue weighted by atomic mass is 16.2. The molecule has 0 spiro atoms. The molecule has 0 aliphatic carbocycles. The number of piperidine rings is 1. The highest BCUT2D eigenvalue weighted by Crippen LogP contribution is 2.27. The molecule has 1 saturated heterocycles. The normalized spacial score (nSPS) is 20.7. The van der Waals surface area contributed by atoms with Gasteiger partial charge in [-0.3, -0.25) is 9.59 Å². The van der Waals surface area contributed by atoms with Crippen molar-refractivity contribution < 1.29 is 9.59 Å². The van der Waals surface area contributed by atoms with Gasteiger partial charge in [0.1, 0.15) is 5.82 Å². The molecule has 2 aliphatic rings. The van der Waals surface area contributed by atoms with E-state index >= 15 is 0 Å². The van der Waals surface area contributed by atoms with Gasteiger partial charge in [0, 0.05) is 63.6 Å². The summed E-state index contributed by atoms with van der Waals surface area (Å²) in [6.07, 6.45) is 5.26. The molecule has 6 nitrogen and oxygen atoms in total. The molecule has 0 aromatic carbocycles. The van der Waals surface area contributed by atoms with Gasteiger partial charge < -0.3 is 9.80 Å². The summed E-state index contributed by atoms with van der Waals surface area (Å²) >= 11 is 0. The summed E-state index contributed by atoms with van der Waals surface area (Å²) in [6.45, 7) is 10.8. The van der Waals surface area contributed by atoms with Crippen molar-refractivity contribution in [1.29, 1.82) is 0 Å². The highest BCUT2D eigenvalue weighted by Gasteiger charge is 2.28. The van der Waals surface area contributed by atoms with Gasteiger partial charge in [-0.2, -0.15) is 0 Å². The van der Waals surface area contributed by atoms with Gasteiger partial charge in [-0.25, -0.2) is 9.97 Å². The van der Waals surface area contributed by atoms with Gasteiger partial charge in [0.2, 0.25) is 11.8 Å². The Balaban J connectivity index is 1.69. The zero-order chi connectivity index (χ0) is 18.9. The topological polar surface area (TPSA) is 66.4 Å². The van der Waals surface area contributed by atoms with Crippen LogP contribution in [0.4, 0.5) is 0 Å². The van der Waals surface area contributed by atoms with Crippen LogP contribution in [0.3, 0.4) is 0 Å². The maximum atomic E-state index is 12.5. The fraction of sp³-hybridized carbons (Fsp3) is 0.700. The monoisotopic (exact) mass is 358 g/mol. The third kappa shape index (κ3) is 4.40. The molecule has 1 fully saturated rings. The first kappa shape index (κ1) is 18.8. The van der Waals surface area contributed by atoms with Gasteiger partial charge in [0.15, 0.2) is 0 Å². The molecule has 1 unspecified atom stereocenters. The standard InChI is InChI=1S/C20H30N4O2/c1-14(25)23-8-5-6-15(12-23)19-21-11-16-13-24(9-7-17(16)22-19)18(26)10-20(2,3)4/h11,15H,5-10,12-13H2,1-4H3. The average molecular weight is 358 g/mol. The van der Waals surface area contributed by atoms with Crippen LogP contribution in [0.5, 0.6) is 0 Å². The predicted octanol–water partition coefficient (Wildman–Crippen LogP) is 2.52. The van der Waals surface area contributed by atoms with Gasteiger partial charge in [-0.05, 0) is 18.3 Å². The Hall–Kier alpha value is -1.98. The number of nitrogens with zero attached hydrogens (tertiary/aromatic N) is 4. The van der Waals surface area contributed by atoms with E-state index in [0.29, 0.717) is 19.5 Å². The molecule has 2 aliphatic heterocycles. The van der Waals surface area contributed by atoms with Crippen LogP contribution in [0.25, 0.3) is 0 Å². The SMILES string of the molecule is CC(=O)N1CCCC(c2ncc3c(n2)CCN(C(=O)CC(C)(C)C)C3)C1. The first-order valence-corrected chi connectivity index (χ1v) is 9.61. The van der Waals surface area contributed by atoms with Crippen molar-refractivity contribution in [2.24, 2.45) is 5.41 Å². The van der Waals surface area contributed by atoms with Crippen molar-refractivity contribution in [1.82, 2.24) is 19.8 Å². The molecule has 6 heteroatoms. The molecule has 1 aromatic heterocycles. The molecule has 26 heavy (non-hydrogen) atoms. The van der Waals surface area contributed by atoms with Crippen LogP contribution in [-0.4, -0.2) is 51.2 Å². The van der Waals surface area contributed by atoms with E-state index < -0.39 is 0 Å². The molecule has 0 saturated carbocycles. The Kier molecular flexibility index (Phi) is 5.30. The lowest BCUT2D eigenvalue weighted by molar-refractivity contribution is -0.134. The van der Waals surface area contributed by atoms with E-state index in [1.54, 1.807) is 6.92 Å². The number of carbonyl (C=O) groups is 2. The minimum atomic E-state index is 0.00128. The fourth-order valence-electron chi connectivity index (χ4n) is 3.78. The lowest BCUT2D eigenvalue weighted by atomic mass is 9.91. The van der Waals surface area contributed by atoms with E-state index in [1.165, 1.54) is 0 Å². The molecule has 0 N–H and O–H groups in total. The maximum Gasteiger partial charge on any atom is 0.223 e. The second-order valence-corrected chi connectivity index (χ2v) is 8.81. The van der Waals surface area contributed by atoms with Gasteiger partial charge in [0.25, 0.3) is 0 Å². The van der Waals surface area contributed by atoms with E-state index in [9.17, 15) is 9.59 Å². The number of carbonyl (C=O) groups excluding carboxylic acids is 2. The zero-order valence-corrected chi connectivity index (χ0v) is 16.4. The molecule has 0 bridgehead atoms. The Morgan fingerprint density at radius 3 is 2.69 bits per heavy atom. The third-order valence-electron chi connectivity index (χ3n) is 5.22. The molecule has 142 valence electrons. The maximum absolute atomic E-state index is 12.5. The summed E-state index contributed by atoms with van der Waals surface area (Å²) in [5.41, 5.74) is 2.12. The molecule has 2 amide bonds. The summed E-state index contributed by atoms with van der Waals surface area (Å²) in [7, 11) is 0. The summed E-state index contributed by atoms with van der Waals surface area (Å²) in [5.74, 6) is 1.40. The minimum Gasteiger partial charge on any atom is -0.342 e. The van der Waals surface area contributed by atoms with Crippen molar-refractivity contribution in [2.45, 2.75) is 65.8 Å². The second kappa shape index (κ2) is 7.33. The Morgan fingerprint density at radius 1 is 1.23 bits per heavy atom. The fourth-order valence-corrected chi connectivity index (χ4v) is 3.78. The lowest BCUT2D eigenvalue weighted by Crippen LogP contribution is -2.39. The first-order valence-electron chi connectivity index (χ1n) is 9.61. The summed E-state index contributed by atoms with van der Waals surface area (Å²) in [4.78, 5) is 37.4. The van der Waals surface area contributed by atoms with Crippen molar-refractivity contribution in [3.05, 3.63) is 23.3 Å². The van der Waals surface area contributed by atoms with Gasteiger partial charge in [-0.1, -0.05) is 20.8 Å². The average Bonchev–Trinajstić information content (AvgIpc) is 2.59. The van der Waals surface area contributed by atoms with Crippen LogP contribution in [0.15, 0.2) is 6.20 Å². The molecule has 3 heterocycles. The van der Waals surface area contributed by atoms with Crippen LogP contribution in [0.1, 0.15) is 70.0 Å². The number of fused-ring (bicyclic) bond motifs is 1. The predicted molar refractivity (Wildman–Crippen MR) is 99.5 cm³/mol.